The van der Waals surface area contributed by atoms with Crippen LogP contribution in [0.5, 0.6) is 5.75 Å². The van der Waals surface area contributed by atoms with E-state index in [2.05, 4.69) is 0 Å². The van der Waals surface area contributed by atoms with E-state index < -0.39 is 34.8 Å². The highest BCUT2D eigenvalue weighted by molar-refractivity contribution is 5.46. The predicted octanol–water partition coefficient (Wildman–Crippen LogP) is -0.883. The highest BCUT2D eigenvalue weighted by atomic mass is 16.3. The summed E-state index contributed by atoms with van der Waals surface area (Å²) < 4.78 is 7.52. The molecule has 31 heavy (non-hydrogen) atoms. The number of hydrogen-bond acceptors (Lipinski definition) is 5. The lowest BCUT2D eigenvalue weighted by Gasteiger charge is -2.37. The molecule has 0 saturated heterocycles. The molecule has 2 aliphatic heterocycles. The highest BCUT2D eigenvalue weighted by Crippen LogP contribution is 2.40. The molecule has 162 valence electrons. The van der Waals surface area contributed by atoms with Crippen LogP contribution in [0.4, 0.5) is 0 Å². The van der Waals surface area contributed by atoms with Gasteiger partial charge in [0.1, 0.15) is 11.8 Å². The lowest BCUT2D eigenvalue weighted by molar-refractivity contribution is 0.246. The monoisotopic (exact) mass is 426 g/mol. The van der Waals surface area contributed by atoms with Crippen LogP contribution in [0.25, 0.3) is 0 Å². The average molecular weight is 426 g/mol. The average Bonchev–Trinajstić information content (AvgIpc) is 3.10. The van der Waals surface area contributed by atoms with Gasteiger partial charge in [-0.15, -0.1) is 0 Å². The zero-order valence-corrected chi connectivity index (χ0v) is 17.6. The predicted molar refractivity (Wildman–Crippen MR) is 111 cm³/mol. The van der Waals surface area contributed by atoms with Crippen molar-refractivity contribution in [3.05, 3.63) is 82.4 Å². The van der Waals surface area contributed by atoms with Gasteiger partial charge in [0.2, 0.25) is 0 Å². The number of phenolic OH excluding ortho intramolecular Hbond substituents is 1. The van der Waals surface area contributed by atoms with Gasteiger partial charge >= 0.3 is 22.8 Å². The van der Waals surface area contributed by atoms with E-state index in [4.69, 9.17) is 0 Å². The van der Waals surface area contributed by atoms with Gasteiger partial charge < -0.3 is 5.11 Å². The molecule has 4 heterocycles. The number of aromatic hydroxyl groups is 1. The van der Waals surface area contributed by atoms with Gasteiger partial charge in [-0.25, -0.2) is 47.0 Å². The first-order chi connectivity index (χ1) is 14.6. The molecule has 1 aromatic carbocycles. The summed E-state index contributed by atoms with van der Waals surface area (Å²) in [5.74, 6) is 0.166. The molecule has 11 heteroatoms. The SMILES string of the molecule is Cc1cc([C@H]2C3=CCn4c(=O)n(C)c(=O)n4[C@@H]3Cn3c(=O)n(C)c(=O)n32)cc(C)c1O. The van der Waals surface area contributed by atoms with Crippen LogP contribution in [0.1, 0.15) is 28.8 Å². The van der Waals surface area contributed by atoms with E-state index in [1.807, 2.05) is 6.08 Å². The Hall–Kier alpha value is -3.76. The fourth-order valence-electron chi connectivity index (χ4n) is 4.82. The largest absolute Gasteiger partial charge is 0.507 e. The second-order valence-corrected chi connectivity index (χ2v) is 8.23. The number of fused-ring (bicyclic) bond motifs is 4. The molecule has 0 radical (unpaired) electrons. The van der Waals surface area contributed by atoms with E-state index in [0.29, 0.717) is 16.7 Å². The Kier molecular flexibility index (Phi) is 3.80. The van der Waals surface area contributed by atoms with E-state index in [9.17, 15) is 24.3 Å². The third kappa shape index (κ3) is 2.34. The quantitative estimate of drug-likeness (QED) is 0.507. The van der Waals surface area contributed by atoms with Gasteiger partial charge in [-0.1, -0.05) is 6.08 Å². The number of phenols is 1. The lowest BCUT2D eigenvalue weighted by atomic mass is 9.88. The molecule has 2 aromatic heterocycles. The smallest absolute Gasteiger partial charge is 0.347 e. The van der Waals surface area contributed by atoms with Crippen LogP contribution in [-0.4, -0.2) is 33.0 Å². The van der Waals surface area contributed by atoms with E-state index >= 15 is 0 Å². The van der Waals surface area contributed by atoms with Crippen molar-refractivity contribution in [3.8, 4) is 5.75 Å². The number of nitrogens with zero attached hydrogens (tertiary/aromatic N) is 6. The maximum Gasteiger partial charge on any atom is 0.347 e. The standard InChI is InChI=1S/C20H22N6O5/c1-10-7-12(8-11(2)16(10)27)15-13-5-6-23-17(28)21(3)19(30)25(23)14(13)9-24-18(29)22(4)20(31)26(15)24/h5,7-8,14-15,27H,6,9H2,1-4H3/t14-,15+/m1/s1. The van der Waals surface area contributed by atoms with Crippen LogP contribution in [0.15, 0.2) is 43.0 Å². The zero-order valence-electron chi connectivity index (χ0n) is 17.6. The molecule has 1 N–H and O–H groups in total. The number of aromatic nitrogens is 6. The molecule has 0 saturated carbocycles. The molecule has 2 aliphatic rings. The fourth-order valence-corrected chi connectivity index (χ4v) is 4.82. The van der Waals surface area contributed by atoms with E-state index in [1.54, 1.807) is 26.0 Å². The number of allylic oxidation sites excluding steroid dienone is 2. The third-order valence-electron chi connectivity index (χ3n) is 6.42. The Morgan fingerprint density at radius 2 is 1.39 bits per heavy atom. The van der Waals surface area contributed by atoms with E-state index in [-0.39, 0.29) is 18.8 Å². The Morgan fingerprint density at radius 3 is 2.00 bits per heavy atom. The summed E-state index contributed by atoms with van der Waals surface area (Å²) >= 11 is 0. The van der Waals surface area contributed by atoms with Crippen LogP contribution in [0.2, 0.25) is 0 Å². The van der Waals surface area contributed by atoms with Crippen molar-refractivity contribution < 1.29 is 5.11 Å². The minimum absolute atomic E-state index is 0.0522. The van der Waals surface area contributed by atoms with Crippen molar-refractivity contribution in [2.45, 2.75) is 39.0 Å². The van der Waals surface area contributed by atoms with Gasteiger partial charge in [0.05, 0.1) is 19.1 Å². The van der Waals surface area contributed by atoms with Crippen LogP contribution in [-0.2, 0) is 27.2 Å². The molecule has 0 bridgehead atoms. The number of aryl methyl sites for hydroxylation is 2. The summed E-state index contributed by atoms with van der Waals surface area (Å²) in [6.07, 6.45) is 1.85. The third-order valence-corrected chi connectivity index (χ3v) is 6.42. The highest BCUT2D eigenvalue weighted by Gasteiger charge is 2.40. The Balaban J connectivity index is 1.85. The first kappa shape index (κ1) is 19.2. The molecular formula is C20H22N6O5. The van der Waals surface area contributed by atoms with Gasteiger partial charge in [0.15, 0.2) is 0 Å². The normalized spacial score (nSPS) is 19.5. The van der Waals surface area contributed by atoms with Crippen molar-refractivity contribution in [1.29, 1.82) is 0 Å². The van der Waals surface area contributed by atoms with Crippen molar-refractivity contribution >= 4 is 0 Å². The molecular weight excluding hydrogens is 404 g/mol. The minimum Gasteiger partial charge on any atom is -0.507 e. The number of rotatable bonds is 1. The fraction of sp³-hybridized carbons (Fsp3) is 0.400. The molecule has 0 spiro atoms. The van der Waals surface area contributed by atoms with Crippen LogP contribution in [0.3, 0.4) is 0 Å². The molecule has 5 rings (SSSR count). The van der Waals surface area contributed by atoms with E-state index in [0.717, 1.165) is 14.7 Å². The Bertz CT molecular complexity index is 1510. The molecule has 0 unspecified atom stereocenters. The molecule has 0 aliphatic carbocycles. The topological polar surface area (TPSA) is 118 Å². The maximum atomic E-state index is 13.0. The Morgan fingerprint density at radius 1 is 0.839 bits per heavy atom. The van der Waals surface area contributed by atoms with Crippen molar-refractivity contribution in [3.63, 3.8) is 0 Å². The van der Waals surface area contributed by atoms with Gasteiger partial charge in [-0.05, 0) is 48.2 Å². The van der Waals surface area contributed by atoms with Crippen molar-refractivity contribution in [2.24, 2.45) is 14.1 Å². The molecule has 0 fully saturated rings. The van der Waals surface area contributed by atoms with Gasteiger partial charge in [-0.2, -0.15) is 0 Å². The summed E-state index contributed by atoms with van der Waals surface area (Å²) in [5.41, 5.74) is 0.870. The summed E-state index contributed by atoms with van der Waals surface area (Å²) in [6.45, 7) is 3.76. The maximum absolute atomic E-state index is 13.0. The van der Waals surface area contributed by atoms with Gasteiger partial charge in [0, 0.05) is 14.1 Å². The second-order valence-electron chi connectivity index (χ2n) is 8.23. The summed E-state index contributed by atoms with van der Waals surface area (Å²) in [4.78, 5) is 51.1. The number of benzene rings is 1. The van der Waals surface area contributed by atoms with Crippen LogP contribution >= 0.6 is 0 Å². The van der Waals surface area contributed by atoms with Gasteiger partial charge in [-0.3, -0.25) is 0 Å². The Labute approximate surface area is 174 Å². The molecule has 11 nitrogen and oxygen atoms in total. The van der Waals surface area contributed by atoms with Crippen molar-refractivity contribution in [2.75, 3.05) is 0 Å². The lowest BCUT2D eigenvalue weighted by Crippen LogP contribution is -2.47. The van der Waals surface area contributed by atoms with Crippen molar-refractivity contribution in [1.82, 2.24) is 27.9 Å². The summed E-state index contributed by atoms with van der Waals surface area (Å²) in [5, 5.41) is 10.2. The minimum atomic E-state index is -0.658. The zero-order chi connectivity index (χ0) is 22.4. The first-order valence-electron chi connectivity index (χ1n) is 9.90. The molecule has 0 amide bonds. The number of hydrogen-bond donors (Lipinski definition) is 1. The van der Waals surface area contributed by atoms with Gasteiger partial charge in [0.25, 0.3) is 0 Å². The second kappa shape index (κ2) is 6.13. The van der Waals surface area contributed by atoms with Crippen LogP contribution in [0, 0.1) is 13.8 Å². The molecule has 2 atom stereocenters. The molecule has 3 aromatic rings. The summed E-state index contributed by atoms with van der Waals surface area (Å²) in [6, 6.07) is 2.29. The van der Waals surface area contributed by atoms with Crippen LogP contribution < -0.4 is 22.8 Å². The first-order valence-corrected chi connectivity index (χ1v) is 9.90. The van der Waals surface area contributed by atoms with E-state index in [1.165, 1.54) is 32.8 Å². The summed E-state index contributed by atoms with van der Waals surface area (Å²) in [7, 11) is 2.83.